The number of nitrogens with zero attached hydrogens (tertiary/aromatic N) is 3. The fourth-order valence-electron chi connectivity index (χ4n) is 1.21. The molecule has 0 spiro atoms. The van der Waals surface area contributed by atoms with Gasteiger partial charge in [-0.25, -0.2) is 4.99 Å². The Morgan fingerprint density at radius 2 is 1.83 bits per heavy atom. The van der Waals surface area contributed by atoms with Crippen LogP contribution >= 0.6 is 12.1 Å². The molecule has 4 nitrogen and oxygen atoms in total. The normalized spacial score (nSPS) is 15.6. The van der Waals surface area contributed by atoms with Crippen molar-refractivity contribution in [2.45, 2.75) is 6.18 Å². The molecule has 0 unspecified atom stereocenters. The molecule has 0 saturated carbocycles. The predicted molar refractivity (Wildman–Crippen MR) is 62.7 cm³/mol. The lowest BCUT2D eigenvalue weighted by Gasteiger charge is -2.12. The van der Waals surface area contributed by atoms with E-state index in [0.717, 1.165) is 0 Å². The lowest BCUT2D eigenvalue weighted by atomic mass is 10.2. The van der Waals surface area contributed by atoms with Crippen LogP contribution in [0.4, 0.5) is 13.2 Å². The van der Waals surface area contributed by atoms with Gasteiger partial charge in [-0.3, -0.25) is 0 Å². The Kier molecular flexibility index (Phi) is 3.46. The van der Waals surface area contributed by atoms with Gasteiger partial charge in [-0.15, -0.1) is 0 Å². The van der Waals surface area contributed by atoms with Crippen LogP contribution in [0.3, 0.4) is 0 Å². The molecule has 18 heavy (non-hydrogen) atoms. The van der Waals surface area contributed by atoms with Gasteiger partial charge in [0.15, 0.2) is 5.84 Å². The third-order valence-corrected chi connectivity index (χ3v) is 2.58. The second-order valence-corrected chi connectivity index (χ2v) is 3.78. The summed E-state index contributed by atoms with van der Waals surface area (Å²) in [5.74, 6) is -0.592. The van der Waals surface area contributed by atoms with Gasteiger partial charge in [0.2, 0.25) is 5.84 Å². The highest BCUT2D eigenvalue weighted by Crippen LogP contribution is 2.24. The van der Waals surface area contributed by atoms with Crippen molar-refractivity contribution in [2.75, 3.05) is 7.11 Å². The number of hydrogen-bond donors (Lipinski definition) is 0. The Morgan fingerprint density at radius 3 is 2.39 bits per heavy atom. The number of benzene rings is 1. The largest absolute Gasteiger partial charge is 0.497 e. The monoisotopic (exact) mass is 274 g/mol. The zero-order valence-corrected chi connectivity index (χ0v) is 9.92. The Morgan fingerprint density at radius 1 is 1.17 bits per heavy atom. The minimum atomic E-state index is -4.57. The molecule has 0 aromatic heterocycles. The molecule has 0 aliphatic carbocycles. The first-order valence-corrected chi connectivity index (χ1v) is 5.49. The van der Waals surface area contributed by atoms with Gasteiger partial charge in [0.25, 0.3) is 0 Å². The summed E-state index contributed by atoms with van der Waals surface area (Å²) in [6.45, 7) is 0. The molecule has 0 N–H and O–H groups in total. The first kappa shape index (κ1) is 12.7. The van der Waals surface area contributed by atoms with Crippen molar-refractivity contribution in [2.24, 2.45) is 9.39 Å². The summed E-state index contributed by atoms with van der Waals surface area (Å²) in [5.41, 5.74) is 0.472. The topological polar surface area (TPSA) is 48.0 Å². The summed E-state index contributed by atoms with van der Waals surface area (Å²) in [6, 6.07) is 6.41. The fraction of sp³-hybridized carbons (Fsp3) is 0.200. The minimum absolute atomic E-state index is 0.00928. The molecule has 1 aromatic carbocycles. The van der Waals surface area contributed by atoms with Gasteiger partial charge in [-0.1, -0.05) is 0 Å². The maximum atomic E-state index is 12.4. The SMILES string of the molecule is COc1ccc(C2=NS[N]C(C(F)(F)F)=N2)cc1. The smallest absolute Gasteiger partial charge is 0.452 e. The van der Waals surface area contributed by atoms with Crippen LogP contribution in [0.15, 0.2) is 33.7 Å². The summed E-state index contributed by atoms with van der Waals surface area (Å²) in [7, 11) is 1.50. The summed E-state index contributed by atoms with van der Waals surface area (Å²) in [4.78, 5) is 3.39. The summed E-state index contributed by atoms with van der Waals surface area (Å²) in [6.07, 6.45) is -4.57. The van der Waals surface area contributed by atoms with Crippen molar-refractivity contribution >= 4 is 23.8 Å². The lowest BCUT2D eigenvalue weighted by molar-refractivity contribution is -0.0606. The molecule has 1 radical (unpaired) electrons. The van der Waals surface area contributed by atoms with Crippen LogP contribution in [0.1, 0.15) is 5.56 Å². The van der Waals surface area contributed by atoms with Crippen molar-refractivity contribution in [3.8, 4) is 5.75 Å². The van der Waals surface area contributed by atoms with Crippen LogP contribution in [0.2, 0.25) is 0 Å². The Hall–Kier alpha value is -1.70. The highest BCUT2D eigenvalue weighted by molar-refractivity contribution is 7.96. The van der Waals surface area contributed by atoms with Gasteiger partial charge in [0.05, 0.1) is 7.11 Å². The summed E-state index contributed by atoms with van der Waals surface area (Å²) in [5, 5.41) is 0. The summed E-state index contributed by atoms with van der Waals surface area (Å²) < 4.78 is 49.2. The van der Waals surface area contributed by atoms with E-state index in [1.807, 2.05) is 0 Å². The van der Waals surface area contributed by atoms with Crippen LogP contribution in [-0.4, -0.2) is 25.0 Å². The molecule has 0 fully saturated rings. The van der Waals surface area contributed by atoms with E-state index in [1.165, 1.54) is 7.11 Å². The molecule has 0 amide bonds. The Bertz CT molecular complexity index is 496. The molecule has 95 valence electrons. The third kappa shape index (κ3) is 2.76. The Labute approximate surface area is 105 Å². The molecular formula is C10H7F3N3OS. The van der Waals surface area contributed by atoms with Crippen LogP contribution < -0.4 is 9.46 Å². The van der Waals surface area contributed by atoms with Crippen molar-refractivity contribution < 1.29 is 17.9 Å². The molecular weight excluding hydrogens is 267 g/mol. The number of rotatable bonds is 2. The van der Waals surface area contributed by atoms with Crippen LogP contribution in [0, 0.1) is 0 Å². The van der Waals surface area contributed by atoms with E-state index >= 15 is 0 Å². The van der Waals surface area contributed by atoms with Gasteiger partial charge in [-0.2, -0.15) is 22.3 Å². The molecule has 1 heterocycles. The van der Waals surface area contributed by atoms with Crippen molar-refractivity contribution in [3.05, 3.63) is 29.8 Å². The first-order valence-electron chi connectivity index (χ1n) is 4.76. The van der Waals surface area contributed by atoms with Crippen molar-refractivity contribution in [1.29, 1.82) is 0 Å². The van der Waals surface area contributed by atoms with E-state index < -0.39 is 12.0 Å². The van der Waals surface area contributed by atoms with E-state index in [1.54, 1.807) is 24.3 Å². The number of halogens is 3. The van der Waals surface area contributed by atoms with Gasteiger partial charge in [-0.05, 0) is 24.3 Å². The quantitative estimate of drug-likeness (QED) is 0.778. The summed E-state index contributed by atoms with van der Waals surface area (Å²) >= 11 is 0.474. The fourth-order valence-corrected chi connectivity index (χ4v) is 1.70. The number of methoxy groups -OCH3 is 1. The van der Waals surface area contributed by atoms with Gasteiger partial charge in [0, 0.05) is 5.56 Å². The standard InChI is InChI=1S/C10H7F3N3OS/c1-17-7-4-2-6(3-5-7)8-14-9(10(11,12)13)16-18-15-8/h2-5H,1H3. The molecule has 0 atom stereocenters. The third-order valence-electron chi connectivity index (χ3n) is 2.07. The van der Waals surface area contributed by atoms with Crippen LogP contribution in [0.5, 0.6) is 5.75 Å². The molecule has 0 saturated heterocycles. The van der Waals surface area contributed by atoms with E-state index in [2.05, 4.69) is 14.1 Å². The number of amidine groups is 2. The average molecular weight is 274 g/mol. The molecule has 8 heteroatoms. The van der Waals surface area contributed by atoms with E-state index in [9.17, 15) is 13.2 Å². The molecule has 1 aliphatic heterocycles. The molecule has 1 aliphatic rings. The van der Waals surface area contributed by atoms with E-state index in [4.69, 9.17) is 4.74 Å². The van der Waals surface area contributed by atoms with Crippen molar-refractivity contribution in [1.82, 2.24) is 4.72 Å². The maximum Gasteiger partial charge on any atom is 0.452 e. The number of hydrogen-bond acceptors (Lipinski definition) is 4. The van der Waals surface area contributed by atoms with E-state index in [-0.39, 0.29) is 5.84 Å². The zero-order valence-electron chi connectivity index (χ0n) is 9.10. The second-order valence-electron chi connectivity index (χ2n) is 3.25. The lowest BCUT2D eigenvalue weighted by Crippen LogP contribution is -2.31. The maximum absolute atomic E-state index is 12.4. The van der Waals surface area contributed by atoms with E-state index in [0.29, 0.717) is 23.4 Å². The van der Waals surface area contributed by atoms with Crippen molar-refractivity contribution in [3.63, 3.8) is 0 Å². The van der Waals surface area contributed by atoms with Gasteiger partial charge in [0.1, 0.15) is 17.9 Å². The first-order chi connectivity index (χ1) is 8.50. The highest BCUT2D eigenvalue weighted by atomic mass is 32.2. The minimum Gasteiger partial charge on any atom is -0.497 e. The highest BCUT2D eigenvalue weighted by Gasteiger charge is 2.39. The number of alkyl halides is 3. The van der Waals surface area contributed by atoms with Crippen LogP contribution in [0.25, 0.3) is 0 Å². The van der Waals surface area contributed by atoms with Gasteiger partial charge < -0.3 is 4.74 Å². The molecule has 0 bridgehead atoms. The number of aliphatic imine (C=N–C) groups is 1. The van der Waals surface area contributed by atoms with Gasteiger partial charge >= 0.3 is 6.18 Å². The molecule has 1 aromatic rings. The molecule has 2 rings (SSSR count). The average Bonchev–Trinajstić information content (AvgIpc) is 2.38. The zero-order chi connectivity index (χ0) is 13.2. The predicted octanol–water partition coefficient (Wildman–Crippen LogP) is 2.58. The Balaban J connectivity index is 2.28. The van der Waals surface area contributed by atoms with Crippen LogP contribution in [-0.2, 0) is 0 Å². The number of ether oxygens (including phenoxy) is 1. The second kappa shape index (κ2) is 4.89.